The maximum Gasteiger partial charge on any atom is 0.230 e. The summed E-state index contributed by atoms with van der Waals surface area (Å²) in [6, 6.07) is 6.31. The number of hydrogen-bond acceptors (Lipinski definition) is 4. The monoisotopic (exact) mass is 420 g/mol. The number of aromatic amines is 1. The quantitative estimate of drug-likeness (QED) is 0.725. The molecule has 1 N–H and O–H groups in total. The number of likely N-dealkylation sites (tertiary alicyclic amines) is 1. The maximum absolute atomic E-state index is 13.5. The molecular weight excluding hydrogens is 392 g/mol. The molecule has 2 aromatic rings. The first kappa shape index (κ1) is 20.0. The molecule has 4 heterocycles. The first-order valence-electron chi connectivity index (χ1n) is 10.8. The second-order valence-electron chi connectivity index (χ2n) is 9.14. The molecule has 2 fully saturated rings. The van der Waals surface area contributed by atoms with Crippen LogP contribution in [0.15, 0.2) is 42.7 Å². The largest absolute Gasteiger partial charge is 0.360 e. The Bertz CT molecular complexity index is 1050. The Morgan fingerprint density at radius 3 is 3.00 bits per heavy atom. The number of likely N-dealkylation sites (N-methyl/N-ethyl adjacent to an activating group) is 1. The van der Waals surface area contributed by atoms with Crippen LogP contribution < -0.4 is 0 Å². The van der Waals surface area contributed by atoms with Crippen molar-refractivity contribution in [3.05, 3.63) is 65.0 Å². The highest BCUT2D eigenvalue weighted by atomic mass is 16.5. The average molecular weight is 421 g/mol. The lowest BCUT2D eigenvalue weighted by atomic mass is 9.76. The van der Waals surface area contributed by atoms with Crippen molar-refractivity contribution in [2.75, 3.05) is 20.1 Å². The lowest BCUT2D eigenvalue weighted by Crippen LogP contribution is -2.45. The topological polar surface area (TPSA) is 78.5 Å². The molecule has 2 amide bonds. The van der Waals surface area contributed by atoms with E-state index in [0.717, 1.165) is 17.5 Å². The third-order valence-electron chi connectivity index (χ3n) is 7.00. The van der Waals surface area contributed by atoms with Crippen LogP contribution in [0.25, 0.3) is 0 Å². The smallest absolute Gasteiger partial charge is 0.230 e. The molecule has 0 radical (unpaired) electrons. The average Bonchev–Trinajstić information content (AvgIpc) is 3.51. The van der Waals surface area contributed by atoms with Crippen LogP contribution >= 0.6 is 0 Å². The number of nitrogens with one attached hydrogen (secondary N) is 1. The van der Waals surface area contributed by atoms with E-state index >= 15 is 0 Å². The van der Waals surface area contributed by atoms with Crippen molar-refractivity contribution >= 4 is 11.8 Å². The van der Waals surface area contributed by atoms with E-state index in [1.165, 1.54) is 11.1 Å². The van der Waals surface area contributed by atoms with E-state index in [0.29, 0.717) is 19.6 Å². The second-order valence-corrected chi connectivity index (χ2v) is 9.14. The van der Waals surface area contributed by atoms with Gasteiger partial charge in [0.1, 0.15) is 5.60 Å². The molecule has 3 aliphatic rings. The van der Waals surface area contributed by atoms with E-state index in [1.54, 1.807) is 18.1 Å². The molecule has 0 unspecified atom stereocenters. The minimum Gasteiger partial charge on any atom is -0.360 e. The predicted octanol–water partition coefficient (Wildman–Crippen LogP) is 2.01. The van der Waals surface area contributed by atoms with E-state index in [9.17, 15) is 9.59 Å². The van der Waals surface area contributed by atoms with Crippen LogP contribution in [0.4, 0.5) is 0 Å². The Morgan fingerprint density at radius 2 is 2.23 bits per heavy atom. The molecule has 2 saturated heterocycles. The molecule has 31 heavy (non-hydrogen) atoms. The normalized spacial score (nSPS) is 28.4. The first-order valence-corrected chi connectivity index (χ1v) is 10.8. The van der Waals surface area contributed by atoms with E-state index in [1.807, 2.05) is 23.2 Å². The van der Waals surface area contributed by atoms with Crippen LogP contribution in [-0.4, -0.2) is 63.7 Å². The predicted molar refractivity (Wildman–Crippen MR) is 115 cm³/mol. The van der Waals surface area contributed by atoms with E-state index in [4.69, 9.17) is 4.74 Å². The van der Waals surface area contributed by atoms with Crippen LogP contribution in [0.1, 0.15) is 22.3 Å². The Morgan fingerprint density at radius 1 is 1.39 bits per heavy atom. The minimum atomic E-state index is -0.675. The summed E-state index contributed by atoms with van der Waals surface area (Å²) < 4.78 is 6.27. The molecule has 1 spiro atoms. The van der Waals surface area contributed by atoms with Gasteiger partial charge in [-0.2, -0.15) is 5.10 Å². The number of amides is 2. The molecule has 5 rings (SSSR count). The summed E-state index contributed by atoms with van der Waals surface area (Å²) in [4.78, 5) is 30.4. The third-order valence-corrected chi connectivity index (χ3v) is 7.00. The van der Waals surface area contributed by atoms with E-state index < -0.39 is 17.4 Å². The van der Waals surface area contributed by atoms with Gasteiger partial charge in [0.05, 0.1) is 30.7 Å². The first-order chi connectivity index (χ1) is 14.9. The van der Waals surface area contributed by atoms with Gasteiger partial charge in [-0.25, -0.2) is 0 Å². The number of nitrogens with zero attached hydrogens (tertiary/aromatic N) is 3. The highest BCUT2D eigenvalue weighted by molar-refractivity contribution is 5.93. The summed E-state index contributed by atoms with van der Waals surface area (Å²) in [7, 11) is 1.80. The number of carbonyl (C=O) groups excluding carboxylic acids is 2. The van der Waals surface area contributed by atoms with Gasteiger partial charge in [-0.15, -0.1) is 0 Å². The van der Waals surface area contributed by atoms with Crippen molar-refractivity contribution in [3.8, 4) is 0 Å². The minimum absolute atomic E-state index is 0.0216. The molecule has 7 nitrogen and oxygen atoms in total. The van der Waals surface area contributed by atoms with Gasteiger partial charge in [0.25, 0.3) is 0 Å². The molecule has 0 saturated carbocycles. The fraction of sp³-hybridized carbons (Fsp3) is 0.458. The lowest BCUT2D eigenvalue weighted by Gasteiger charge is -2.27. The fourth-order valence-electron chi connectivity index (χ4n) is 5.25. The summed E-state index contributed by atoms with van der Waals surface area (Å²) in [5, 5.41) is 6.75. The van der Waals surface area contributed by atoms with Gasteiger partial charge < -0.3 is 14.5 Å². The van der Waals surface area contributed by atoms with Gasteiger partial charge >= 0.3 is 0 Å². The number of H-pyrrole nitrogens is 1. The van der Waals surface area contributed by atoms with E-state index in [-0.39, 0.29) is 17.9 Å². The Hall–Kier alpha value is -2.93. The number of ether oxygens (including phenoxy) is 1. The summed E-state index contributed by atoms with van der Waals surface area (Å²) in [6.07, 6.45) is 7.98. The zero-order chi connectivity index (χ0) is 21.8. The number of hydrogen-bond donors (Lipinski definition) is 1. The van der Waals surface area contributed by atoms with Crippen LogP contribution in [0, 0.1) is 25.7 Å². The maximum atomic E-state index is 13.5. The van der Waals surface area contributed by atoms with Crippen LogP contribution in [0.5, 0.6) is 0 Å². The molecular formula is C24H28N4O3. The SMILES string of the molecule is Cc1ccc(C)c(CN2C[C@]34C=C[C@H](O3)[C@H](C(=O)N(C)CCc3cn[nH]c3)[C@@H]4C2=O)c1. The number of aryl methyl sites for hydroxylation is 2. The van der Waals surface area contributed by atoms with Crippen molar-refractivity contribution in [2.45, 2.75) is 38.5 Å². The van der Waals surface area contributed by atoms with Gasteiger partial charge in [0.2, 0.25) is 11.8 Å². The zero-order valence-electron chi connectivity index (χ0n) is 18.2. The number of fused-ring (bicyclic) bond motifs is 1. The molecule has 3 aliphatic heterocycles. The molecule has 2 bridgehead atoms. The number of benzene rings is 1. The van der Waals surface area contributed by atoms with Crippen LogP contribution in [0.3, 0.4) is 0 Å². The van der Waals surface area contributed by atoms with Crippen molar-refractivity contribution in [3.63, 3.8) is 0 Å². The zero-order valence-corrected chi connectivity index (χ0v) is 18.2. The number of aromatic nitrogens is 2. The number of rotatable bonds is 6. The summed E-state index contributed by atoms with van der Waals surface area (Å²) >= 11 is 0. The van der Waals surface area contributed by atoms with Gasteiger partial charge in [-0.05, 0) is 37.0 Å². The molecule has 7 heteroatoms. The lowest BCUT2D eigenvalue weighted by molar-refractivity contribution is -0.142. The third kappa shape index (κ3) is 3.28. The Kier molecular flexibility index (Phi) is 4.73. The van der Waals surface area contributed by atoms with Crippen molar-refractivity contribution in [1.82, 2.24) is 20.0 Å². The van der Waals surface area contributed by atoms with Gasteiger partial charge in [0.15, 0.2) is 0 Å². The molecule has 0 aliphatic carbocycles. The van der Waals surface area contributed by atoms with Gasteiger partial charge in [-0.3, -0.25) is 14.7 Å². The molecule has 162 valence electrons. The van der Waals surface area contributed by atoms with Gasteiger partial charge in [-0.1, -0.05) is 35.9 Å². The molecule has 4 atom stereocenters. The highest BCUT2D eigenvalue weighted by Crippen LogP contribution is 2.52. The van der Waals surface area contributed by atoms with Crippen LogP contribution in [0.2, 0.25) is 0 Å². The van der Waals surface area contributed by atoms with E-state index in [2.05, 4.69) is 42.2 Å². The van der Waals surface area contributed by atoms with Gasteiger partial charge in [0, 0.05) is 26.3 Å². The summed E-state index contributed by atoms with van der Waals surface area (Å²) in [6.45, 7) is 5.75. The van der Waals surface area contributed by atoms with Crippen molar-refractivity contribution in [2.24, 2.45) is 11.8 Å². The second kappa shape index (κ2) is 7.34. The summed E-state index contributed by atoms with van der Waals surface area (Å²) in [5.41, 5.74) is 3.86. The van der Waals surface area contributed by atoms with Crippen molar-refractivity contribution < 1.29 is 14.3 Å². The Labute approximate surface area is 182 Å². The molecule has 1 aromatic carbocycles. The molecule has 1 aromatic heterocycles. The van der Waals surface area contributed by atoms with Crippen LogP contribution in [-0.2, 0) is 27.3 Å². The van der Waals surface area contributed by atoms with Crippen molar-refractivity contribution in [1.29, 1.82) is 0 Å². The standard InChI is InChI=1S/C24H28N4O3/c1-15-4-5-16(2)18(10-15)13-28-14-24-8-6-19(31-24)20(21(24)23(28)30)22(29)27(3)9-7-17-11-25-26-12-17/h4-6,8,10-12,19-21H,7,9,13-14H2,1-3H3,(H,25,26)/t19-,20-,21+,24-/m0/s1. The fourth-order valence-corrected chi connectivity index (χ4v) is 5.25. The summed E-state index contributed by atoms with van der Waals surface area (Å²) in [5.74, 6) is -0.909. The highest BCUT2D eigenvalue weighted by Gasteiger charge is 2.67. The Balaban J connectivity index is 1.33. The number of carbonyl (C=O) groups is 2.